The van der Waals surface area contributed by atoms with Crippen LogP contribution in [-0.4, -0.2) is 48.9 Å². The number of alkyl halides is 3. The van der Waals surface area contributed by atoms with Gasteiger partial charge in [-0.15, -0.1) is 0 Å². The van der Waals surface area contributed by atoms with Crippen LogP contribution in [0.2, 0.25) is 0 Å². The van der Waals surface area contributed by atoms with Gasteiger partial charge in [0, 0.05) is 24.0 Å². The summed E-state index contributed by atoms with van der Waals surface area (Å²) < 4.78 is 79.6. The van der Waals surface area contributed by atoms with Gasteiger partial charge in [-0.05, 0) is 57.2 Å². The van der Waals surface area contributed by atoms with Gasteiger partial charge in [0.05, 0.1) is 35.3 Å². The third-order valence-corrected chi connectivity index (χ3v) is 7.52. The molecule has 1 atom stereocenters. The van der Waals surface area contributed by atoms with E-state index >= 15 is 0 Å². The first kappa shape index (κ1) is 29.7. The van der Waals surface area contributed by atoms with Gasteiger partial charge in [-0.2, -0.15) is 18.3 Å². The molecule has 3 N–H and O–H groups in total. The summed E-state index contributed by atoms with van der Waals surface area (Å²) in [5.74, 6) is -0.395. The largest absolute Gasteiger partial charge is 0.486 e. The molecule has 0 unspecified atom stereocenters. The van der Waals surface area contributed by atoms with E-state index in [9.17, 15) is 31.2 Å². The van der Waals surface area contributed by atoms with E-state index in [-0.39, 0.29) is 36.6 Å². The van der Waals surface area contributed by atoms with Gasteiger partial charge in [-0.25, -0.2) is 13.2 Å². The number of hydrogen-bond donors (Lipinski definition) is 3. The van der Waals surface area contributed by atoms with E-state index in [4.69, 9.17) is 9.47 Å². The predicted molar refractivity (Wildman–Crippen MR) is 142 cm³/mol. The maximum absolute atomic E-state index is 13.7. The molecule has 220 valence electrons. The maximum Gasteiger partial charge on any atom is 0.416 e. The number of nitrogens with zero attached hydrogens (tertiary/aromatic N) is 2. The molecule has 0 spiro atoms. The van der Waals surface area contributed by atoms with E-state index < -0.39 is 50.4 Å². The lowest BCUT2D eigenvalue weighted by atomic mass is 10.1. The Bertz CT molecular complexity index is 1520. The van der Waals surface area contributed by atoms with E-state index in [1.54, 1.807) is 27.0 Å². The van der Waals surface area contributed by atoms with Crippen molar-refractivity contribution in [1.82, 2.24) is 15.5 Å². The standard InChI is InChI=1S/C26H28F3N5O6S/c1-25(2,3)40-24(36)33-18-7-8-22-21(10-18)34(41(37,38)20-6-4-5-17(9-20)26(27,28)29)15-19(39-22)11-23(35)30-12-16-13-31-32-14-16/h4-10,13-14,19H,11-12,15H2,1-3H3,(H,30,35)(H,31,32)(H,33,36)/t19-/m0/s1. The normalized spacial score (nSPS) is 15.5. The lowest BCUT2D eigenvalue weighted by Gasteiger charge is -2.35. The zero-order valence-electron chi connectivity index (χ0n) is 22.3. The molecule has 1 aromatic heterocycles. The Hall–Kier alpha value is -4.27. The topological polar surface area (TPSA) is 143 Å². The number of rotatable bonds is 7. The van der Waals surface area contributed by atoms with Crippen molar-refractivity contribution in [2.45, 2.75) is 56.5 Å². The van der Waals surface area contributed by atoms with Gasteiger partial charge in [-0.3, -0.25) is 19.5 Å². The van der Waals surface area contributed by atoms with Crippen molar-refractivity contribution in [2.75, 3.05) is 16.2 Å². The van der Waals surface area contributed by atoms with Gasteiger partial charge in [0.1, 0.15) is 17.5 Å². The number of benzene rings is 2. The van der Waals surface area contributed by atoms with Gasteiger partial charge in [0.15, 0.2) is 0 Å². The average molecular weight is 596 g/mol. The predicted octanol–water partition coefficient (Wildman–Crippen LogP) is 4.44. The number of fused-ring (bicyclic) bond motifs is 1. The summed E-state index contributed by atoms with van der Waals surface area (Å²) in [6.07, 6.45) is -3.66. The summed E-state index contributed by atoms with van der Waals surface area (Å²) in [4.78, 5) is 24.3. The molecule has 0 bridgehead atoms. The Morgan fingerprint density at radius 1 is 1.17 bits per heavy atom. The molecule has 2 heterocycles. The summed E-state index contributed by atoms with van der Waals surface area (Å²) in [6.45, 7) is 4.79. The molecule has 0 saturated heterocycles. The number of sulfonamides is 1. The molecule has 0 aliphatic carbocycles. The zero-order valence-corrected chi connectivity index (χ0v) is 23.1. The van der Waals surface area contributed by atoms with Crippen molar-refractivity contribution in [2.24, 2.45) is 0 Å². The fourth-order valence-electron chi connectivity index (χ4n) is 3.96. The second-order valence-electron chi connectivity index (χ2n) is 10.2. The number of amides is 2. The zero-order chi connectivity index (χ0) is 30.0. The van der Waals surface area contributed by atoms with Crippen molar-refractivity contribution in [3.05, 3.63) is 66.0 Å². The molecular formula is C26H28F3N5O6S. The molecule has 2 amide bonds. The summed E-state index contributed by atoms with van der Waals surface area (Å²) in [6, 6.07) is 7.50. The number of nitrogens with one attached hydrogen (secondary N) is 3. The number of hydrogen-bond acceptors (Lipinski definition) is 7. The van der Waals surface area contributed by atoms with Crippen LogP contribution in [0.25, 0.3) is 0 Å². The quantitative estimate of drug-likeness (QED) is 0.367. The van der Waals surface area contributed by atoms with Crippen LogP contribution in [0.4, 0.5) is 29.3 Å². The van der Waals surface area contributed by atoms with Crippen LogP contribution >= 0.6 is 0 Å². The number of aromatic amines is 1. The molecule has 41 heavy (non-hydrogen) atoms. The number of ether oxygens (including phenoxy) is 2. The highest BCUT2D eigenvalue weighted by Crippen LogP contribution is 2.40. The van der Waals surface area contributed by atoms with E-state index in [1.165, 1.54) is 24.4 Å². The number of carbonyl (C=O) groups is 2. The monoisotopic (exact) mass is 595 g/mol. The summed E-state index contributed by atoms with van der Waals surface area (Å²) in [7, 11) is -4.58. The molecule has 15 heteroatoms. The minimum Gasteiger partial charge on any atom is -0.486 e. The van der Waals surface area contributed by atoms with Gasteiger partial charge >= 0.3 is 12.3 Å². The van der Waals surface area contributed by atoms with E-state index in [1.807, 2.05) is 0 Å². The minimum atomic E-state index is -4.77. The van der Waals surface area contributed by atoms with Crippen LogP contribution in [-0.2, 0) is 32.3 Å². The van der Waals surface area contributed by atoms with E-state index in [0.29, 0.717) is 11.6 Å². The van der Waals surface area contributed by atoms with Crippen LogP contribution < -0.4 is 19.7 Å². The van der Waals surface area contributed by atoms with Gasteiger partial charge in [0.25, 0.3) is 10.0 Å². The highest BCUT2D eigenvalue weighted by molar-refractivity contribution is 7.92. The van der Waals surface area contributed by atoms with Crippen LogP contribution in [0.5, 0.6) is 5.75 Å². The summed E-state index contributed by atoms with van der Waals surface area (Å²) in [5.41, 5.74) is -1.10. The minimum absolute atomic E-state index is 0.0361. The number of H-pyrrole nitrogens is 1. The second-order valence-corrected chi connectivity index (χ2v) is 12.1. The van der Waals surface area contributed by atoms with Crippen molar-refractivity contribution < 1.29 is 40.7 Å². The maximum atomic E-state index is 13.7. The first-order valence-electron chi connectivity index (χ1n) is 12.4. The number of anilines is 2. The third kappa shape index (κ3) is 7.48. The van der Waals surface area contributed by atoms with Crippen molar-refractivity contribution in [3.63, 3.8) is 0 Å². The first-order valence-corrected chi connectivity index (χ1v) is 13.8. The SMILES string of the molecule is CC(C)(C)OC(=O)Nc1ccc2c(c1)N(S(=O)(=O)c1cccc(C(F)(F)F)c1)C[C@H](CC(=O)NCc1cn[nH]c1)O2. The Balaban J connectivity index is 1.65. The van der Waals surface area contributed by atoms with Gasteiger partial charge < -0.3 is 14.8 Å². The second kappa shape index (κ2) is 11.3. The smallest absolute Gasteiger partial charge is 0.416 e. The molecule has 0 saturated carbocycles. The Kier molecular flexibility index (Phi) is 8.19. The van der Waals surface area contributed by atoms with Crippen molar-refractivity contribution in [3.8, 4) is 5.75 Å². The Morgan fingerprint density at radius 2 is 1.93 bits per heavy atom. The van der Waals surface area contributed by atoms with Crippen molar-refractivity contribution in [1.29, 1.82) is 0 Å². The van der Waals surface area contributed by atoms with Crippen LogP contribution in [0, 0.1) is 0 Å². The Labute approximate surface area is 234 Å². The molecule has 4 rings (SSSR count). The third-order valence-electron chi connectivity index (χ3n) is 5.74. The lowest BCUT2D eigenvalue weighted by molar-refractivity contribution is -0.137. The molecule has 0 fully saturated rings. The van der Waals surface area contributed by atoms with Crippen LogP contribution in [0.1, 0.15) is 38.3 Å². The number of carbonyl (C=O) groups excluding carboxylic acids is 2. The number of aromatic nitrogens is 2. The highest BCUT2D eigenvalue weighted by Gasteiger charge is 2.38. The summed E-state index contributed by atoms with van der Waals surface area (Å²) >= 11 is 0. The molecule has 1 aliphatic rings. The molecule has 3 aromatic rings. The average Bonchev–Trinajstić information content (AvgIpc) is 3.39. The van der Waals surface area contributed by atoms with Gasteiger partial charge in [0.2, 0.25) is 5.91 Å². The number of halogens is 3. The Morgan fingerprint density at radius 3 is 2.59 bits per heavy atom. The molecular weight excluding hydrogens is 567 g/mol. The fraction of sp³-hybridized carbons (Fsp3) is 0.346. The van der Waals surface area contributed by atoms with E-state index in [2.05, 4.69) is 20.8 Å². The fourth-order valence-corrected chi connectivity index (χ4v) is 5.50. The lowest BCUT2D eigenvalue weighted by Crippen LogP contribution is -2.45. The molecule has 2 aromatic carbocycles. The molecule has 0 radical (unpaired) electrons. The van der Waals surface area contributed by atoms with Crippen LogP contribution in [0.15, 0.2) is 59.8 Å². The van der Waals surface area contributed by atoms with Crippen molar-refractivity contribution >= 4 is 33.4 Å². The van der Waals surface area contributed by atoms with Crippen LogP contribution in [0.3, 0.4) is 0 Å². The highest BCUT2D eigenvalue weighted by atomic mass is 32.2. The molecule has 11 nitrogen and oxygen atoms in total. The molecule has 1 aliphatic heterocycles. The first-order chi connectivity index (χ1) is 19.1. The van der Waals surface area contributed by atoms with E-state index in [0.717, 1.165) is 22.5 Å². The summed E-state index contributed by atoms with van der Waals surface area (Å²) in [5, 5.41) is 11.6. The van der Waals surface area contributed by atoms with Gasteiger partial charge in [-0.1, -0.05) is 6.07 Å².